The number of hydrogen-bond acceptors (Lipinski definition) is 5. The van der Waals surface area contributed by atoms with E-state index in [0.29, 0.717) is 30.2 Å². The van der Waals surface area contributed by atoms with Gasteiger partial charge in [-0.3, -0.25) is 14.4 Å². The van der Waals surface area contributed by atoms with E-state index < -0.39 is 17.9 Å². The van der Waals surface area contributed by atoms with Gasteiger partial charge in [-0.2, -0.15) is 5.26 Å². The maximum atomic E-state index is 13.2. The smallest absolute Gasteiger partial charge is 0.306 e. The number of nitriles is 1. The van der Waals surface area contributed by atoms with Gasteiger partial charge in [0.05, 0.1) is 12.5 Å². The Bertz CT molecular complexity index is 891. The minimum atomic E-state index is -0.726. The van der Waals surface area contributed by atoms with E-state index in [2.05, 4.69) is 11.4 Å². The number of carbonyl (C=O) groups is 3. The van der Waals surface area contributed by atoms with Crippen LogP contribution in [0.1, 0.15) is 82.6 Å². The highest BCUT2D eigenvalue weighted by Crippen LogP contribution is 2.31. The molecule has 0 aromatic heterocycles. The number of rotatable bonds is 10. The van der Waals surface area contributed by atoms with Crippen molar-refractivity contribution in [1.29, 1.82) is 5.26 Å². The number of benzene rings is 1. The maximum absolute atomic E-state index is 13.2. The molecule has 1 amide bonds. The van der Waals surface area contributed by atoms with Crippen molar-refractivity contribution >= 4 is 29.3 Å². The Labute approximate surface area is 207 Å². The third-order valence-corrected chi connectivity index (χ3v) is 7.32. The summed E-state index contributed by atoms with van der Waals surface area (Å²) in [7, 11) is 0. The van der Waals surface area contributed by atoms with Gasteiger partial charge in [-0.15, -0.1) is 0 Å². The van der Waals surface area contributed by atoms with Gasteiger partial charge in [0.25, 0.3) is 0 Å². The molecule has 6 nitrogen and oxygen atoms in total. The quantitative estimate of drug-likeness (QED) is 0.439. The van der Waals surface area contributed by atoms with E-state index in [1.165, 1.54) is 6.42 Å². The summed E-state index contributed by atoms with van der Waals surface area (Å²) in [6, 6.07) is 8.55. The van der Waals surface area contributed by atoms with Crippen molar-refractivity contribution in [3.8, 4) is 6.07 Å². The second kappa shape index (κ2) is 13.5. The summed E-state index contributed by atoms with van der Waals surface area (Å²) in [6.07, 6.45) is 9.74. The fourth-order valence-corrected chi connectivity index (χ4v) is 5.39. The maximum Gasteiger partial charge on any atom is 0.306 e. The number of ketones is 1. The highest BCUT2D eigenvalue weighted by Gasteiger charge is 2.31. The summed E-state index contributed by atoms with van der Waals surface area (Å²) in [5.74, 6) is -0.868. The lowest BCUT2D eigenvalue weighted by atomic mass is 9.81. The van der Waals surface area contributed by atoms with Crippen LogP contribution in [0, 0.1) is 29.1 Å². The number of amides is 1. The standard InChI is InChI=1S/C27H35ClN2O4/c28-23-11-6-9-20(14-23)18-34-26(32)16-22(13-19-7-2-1-3-8-19)27(33)30-24(17-29)15-21-10-4-5-12-25(21)31/h6,9,11,14,19,21-22,24H,1-5,7-8,10,12-13,15-16,18H2,(H,30,33)/t21-,22+,24-/m0/s1. The number of esters is 1. The lowest BCUT2D eigenvalue weighted by molar-refractivity contribution is -0.148. The van der Waals surface area contributed by atoms with Gasteiger partial charge in [0.15, 0.2) is 0 Å². The van der Waals surface area contributed by atoms with Crippen LogP contribution in [-0.2, 0) is 25.7 Å². The van der Waals surface area contributed by atoms with Crippen LogP contribution in [0.25, 0.3) is 0 Å². The molecule has 2 fully saturated rings. The number of ether oxygens (including phenoxy) is 1. The Kier molecular flexibility index (Phi) is 10.4. The van der Waals surface area contributed by atoms with Gasteiger partial charge in [-0.1, -0.05) is 62.3 Å². The van der Waals surface area contributed by atoms with Crippen LogP contribution in [-0.4, -0.2) is 23.7 Å². The third-order valence-electron chi connectivity index (χ3n) is 7.09. The molecule has 7 heteroatoms. The fraction of sp³-hybridized carbons (Fsp3) is 0.630. The molecular weight excluding hydrogens is 452 g/mol. The lowest BCUT2D eigenvalue weighted by Crippen LogP contribution is -2.41. The largest absolute Gasteiger partial charge is 0.461 e. The van der Waals surface area contributed by atoms with E-state index in [1.807, 2.05) is 6.07 Å². The van der Waals surface area contributed by atoms with Crippen LogP contribution in [0.4, 0.5) is 0 Å². The lowest BCUT2D eigenvalue weighted by Gasteiger charge is -2.27. The number of carbonyl (C=O) groups excluding carboxylic acids is 3. The average molecular weight is 487 g/mol. The normalized spacial score (nSPS) is 20.7. The molecular formula is C27H35ClN2O4. The van der Waals surface area contributed by atoms with Gasteiger partial charge >= 0.3 is 5.97 Å². The molecule has 1 aromatic rings. The molecule has 0 saturated heterocycles. The van der Waals surface area contributed by atoms with Crippen molar-refractivity contribution in [3.05, 3.63) is 34.9 Å². The molecule has 0 bridgehead atoms. The minimum absolute atomic E-state index is 0.0244. The number of nitrogens with zero attached hydrogens (tertiary/aromatic N) is 1. The zero-order valence-corrected chi connectivity index (χ0v) is 20.5. The van der Waals surface area contributed by atoms with E-state index in [9.17, 15) is 19.6 Å². The molecule has 184 valence electrons. The average Bonchev–Trinajstić information content (AvgIpc) is 2.84. The fourth-order valence-electron chi connectivity index (χ4n) is 5.18. The first kappa shape index (κ1) is 26.2. The van der Waals surface area contributed by atoms with Crippen LogP contribution in [0.15, 0.2) is 24.3 Å². The van der Waals surface area contributed by atoms with Crippen LogP contribution >= 0.6 is 11.6 Å². The number of Topliss-reactive ketones (excluding diaryl/α,β-unsaturated/α-hetero) is 1. The first-order valence-electron chi connectivity index (χ1n) is 12.6. The first-order valence-corrected chi connectivity index (χ1v) is 12.9. The van der Waals surface area contributed by atoms with Crippen LogP contribution < -0.4 is 5.32 Å². The summed E-state index contributed by atoms with van der Waals surface area (Å²) in [6.45, 7) is 0.0990. The van der Waals surface area contributed by atoms with Gasteiger partial charge < -0.3 is 10.1 Å². The van der Waals surface area contributed by atoms with Crippen molar-refractivity contribution in [2.75, 3.05) is 0 Å². The Morgan fingerprint density at radius 3 is 2.59 bits per heavy atom. The Morgan fingerprint density at radius 1 is 1.12 bits per heavy atom. The zero-order valence-electron chi connectivity index (χ0n) is 19.8. The Balaban J connectivity index is 1.59. The molecule has 1 aromatic carbocycles. The molecule has 0 heterocycles. The monoisotopic (exact) mass is 486 g/mol. The molecule has 2 aliphatic carbocycles. The van der Waals surface area contributed by atoms with Gasteiger partial charge in [0, 0.05) is 23.3 Å². The summed E-state index contributed by atoms with van der Waals surface area (Å²) >= 11 is 5.99. The number of nitrogens with one attached hydrogen (secondary N) is 1. The first-order chi connectivity index (χ1) is 16.4. The van der Waals surface area contributed by atoms with Crippen molar-refractivity contribution in [2.24, 2.45) is 17.8 Å². The molecule has 0 radical (unpaired) electrons. The topological polar surface area (TPSA) is 96.3 Å². The van der Waals surface area contributed by atoms with Gasteiger partial charge in [-0.25, -0.2) is 0 Å². The molecule has 3 atom stereocenters. The highest BCUT2D eigenvalue weighted by molar-refractivity contribution is 6.30. The SMILES string of the molecule is N#C[C@H](C[C@@H]1CCCCC1=O)NC(=O)[C@@H](CC(=O)OCc1cccc(Cl)c1)CC1CCCCC1. The number of hydrogen-bond donors (Lipinski definition) is 1. The Hall–Kier alpha value is -2.39. The molecule has 0 aliphatic heterocycles. The van der Waals surface area contributed by atoms with E-state index in [-0.39, 0.29) is 30.6 Å². The summed E-state index contributed by atoms with van der Waals surface area (Å²) in [5.41, 5.74) is 0.788. The third kappa shape index (κ3) is 8.43. The number of halogens is 1. The van der Waals surface area contributed by atoms with Crippen molar-refractivity contribution in [2.45, 2.75) is 89.7 Å². The highest BCUT2D eigenvalue weighted by atomic mass is 35.5. The molecule has 1 N–H and O–H groups in total. The summed E-state index contributed by atoms with van der Waals surface area (Å²) in [5, 5.41) is 13.0. The molecule has 2 aliphatic rings. The van der Waals surface area contributed by atoms with E-state index in [4.69, 9.17) is 16.3 Å². The van der Waals surface area contributed by atoms with E-state index in [1.54, 1.807) is 18.2 Å². The molecule has 34 heavy (non-hydrogen) atoms. The van der Waals surface area contributed by atoms with Gasteiger partial charge in [-0.05, 0) is 49.3 Å². The van der Waals surface area contributed by atoms with Crippen LogP contribution in [0.3, 0.4) is 0 Å². The predicted octanol–water partition coefficient (Wildman–Crippen LogP) is 5.52. The van der Waals surface area contributed by atoms with E-state index in [0.717, 1.165) is 50.5 Å². The van der Waals surface area contributed by atoms with Gasteiger partial charge in [0.2, 0.25) is 5.91 Å². The molecule has 0 spiro atoms. The van der Waals surface area contributed by atoms with Crippen LogP contribution in [0.2, 0.25) is 5.02 Å². The minimum Gasteiger partial charge on any atom is -0.461 e. The molecule has 3 rings (SSSR count). The zero-order chi connectivity index (χ0) is 24.3. The van der Waals surface area contributed by atoms with Crippen molar-refractivity contribution < 1.29 is 19.1 Å². The molecule has 0 unspecified atom stereocenters. The van der Waals surface area contributed by atoms with E-state index >= 15 is 0 Å². The van der Waals surface area contributed by atoms with Crippen molar-refractivity contribution in [1.82, 2.24) is 5.32 Å². The summed E-state index contributed by atoms with van der Waals surface area (Å²) in [4.78, 5) is 38.0. The Morgan fingerprint density at radius 2 is 1.88 bits per heavy atom. The van der Waals surface area contributed by atoms with Crippen LogP contribution in [0.5, 0.6) is 0 Å². The van der Waals surface area contributed by atoms with Crippen molar-refractivity contribution in [3.63, 3.8) is 0 Å². The second-order valence-corrected chi connectivity index (χ2v) is 10.2. The second-order valence-electron chi connectivity index (χ2n) is 9.77. The summed E-state index contributed by atoms with van der Waals surface area (Å²) < 4.78 is 5.43. The predicted molar refractivity (Wildman–Crippen MR) is 130 cm³/mol. The molecule has 2 saturated carbocycles. The van der Waals surface area contributed by atoms with Gasteiger partial charge in [0.1, 0.15) is 18.4 Å².